The first-order valence-electron chi connectivity index (χ1n) is 23.7. The fourth-order valence-corrected chi connectivity index (χ4v) is 8.88. The molecule has 2 atom stereocenters. The molecule has 0 radical (unpaired) electrons. The van der Waals surface area contributed by atoms with Gasteiger partial charge in [0.2, 0.25) is 5.91 Å². The second-order valence-corrected chi connectivity index (χ2v) is 17.1. The summed E-state index contributed by atoms with van der Waals surface area (Å²) in [5, 5.41) is 13.9. The average molecular weight is 920 g/mol. The molecule has 0 aromatic heterocycles. The number of amides is 1. The number of rotatable bonds is 23. The lowest BCUT2D eigenvalue weighted by Gasteiger charge is -2.37. The van der Waals surface area contributed by atoms with E-state index in [0.29, 0.717) is 94.6 Å². The smallest absolute Gasteiger partial charge is 0.336 e. The van der Waals surface area contributed by atoms with Crippen LogP contribution in [0.2, 0.25) is 0 Å². The first-order chi connectivity index (χ1) is 33.1. The van der Waals surface area contributed by atoms with Gasteiger partial charge in [-0.05, 0) is 93.1 Å². The fourth-order valence-electron chi connectivity index (χ4n) is 8.88. The van der Waals surface area contributed by atoms with Crippen LogP contribution in [0, 0.1) is 24.7 Å². The minimum absolute atomic E-state index is 0.0204. The number of fused-ring (bicyclic) bond motifs is 4. The molecular weight excluding hydrogens is 859 g/mol. The maximum absolute atomic E-state index is 13.4. The Labute approximate surface area is 399 Å². The van der Waals surface area contributed by atoms with Crippen LogP contribution in [0.25, 0.3) is 0 Å². The number of hydrogen-bond acceptors (Lipinski definition) is 10. The monoisotopic (exact) mass is 919 g/mol. The van der Waals surface area contributed by atoms with Gasteiger partial charge in [-0.2, -0.15) is 0 Å². The van der Waals surface area contributed by atoms with Crippen molar-refractivity contribution in [2.45, 2.75) is 78.7 Å². The first kappa shape index (κ1) is 49.3. The number of aryl methyl sites for hydroxylation is 1. The number of nitrogens with zero attached hydrogens (tertiary/aromatic N) is 2. The highest BCUT2D eigenvalue weighted by atomic mass is 16.5. The van der Waals surface area contributed by atoms with Crippen LogP contribution in [-0.4, -0.2) is 87.0 Å². The molecule has 354 valence electrons. The third-order valence-corrected chi connectivity index (χ3v) is 12.3. The van der Waals surface area contributed by atoms with Crippen LogP contribution < -0.4 is 15.0 Å². The largest absolute Gasteiger partial charge is 0.478 e. The van der Waals surface area contributed by atoms with Gasteiger partial charge in [-0.25, -0.2) is 4.79 Å². The van der Waals surface area contributed by atoms with Gasteiger partial charge < -0.3 is 34.3 Å². The number of anilines is 2. The molecule has 12 nitrogen and oxygen atoms in total. The number of para-hydroxylation sites is 1. The number of benzene rings is 4. The summed E-state index contributed by atoms with van der Waals surface area (Å²) in [6.07, 6.45) is 5.92. The van der Waals surface area contributed by atoms with Crippen molar-refractivity contribution in [1.82, 2.24) is 0 Å². The molecule has 68 heavy (non-hydrogen) atoms. The number of ether oxygens (including phenoxy) is 4. The third kappa shape index (κ3) is 12.3. The molecule has 1 amide bonds. The van der Waals surface area contributed by atoms with E-state index >= 15 is 0 Å². The molecule has 2 N–H and O–H groups in total. The Morgan fingerprint density at radius 3 is 2.22 bits per heavy atom. The van der Waals surface area contributed by atoms with Crippen LogP contribution in [0.5, 0.6) is 5.75 Å². The van der Waals surface area contributed by atoms with E-state index in [4.69, 9.17) is 18.9 Å². The summed E-state index contributed by atoms with van der Waals surface area (Å²) < 4.78 is 23.5. The van der Waals surface area contributed by atoms with Crippen LogP contribution >= 0.6 is 0 Å². The molecule has 0 spiro atoms. The van der Waals surface area contributed by atoms with Crippen LogP contribution in [0.3, 0.4) is 0 Å². The second kappa shape index (κ2) is 23.9. The Balaban J connectivity index is 0.802. The molecule has 12 heteroatoms. The lowest BCUT2D eigenvalue weighted by molar-refractivity contribution is -0.124. The standard InChI is InChI=1S/C56H61N3O9/c1-5-57-48-34-52-46(31-37(48)3)55(47-32-38(4)49(58-6-2)35-53(47)68-52)44-23-21-41(33-45(44)56(63)64)51(61)18-12-26-66-28-30-67-29-27-65-25-11-16-43(60)22-24-54(62)59-36-42-15-8-7-13-39(42)19-20-40-14-9-10-17-50(40)59/h7-10,13-15,17,21,23,31-35,46,55,58H,5-6,11-12,16,18,22,24-30,36H2,1-4H3,(H,63,64). The zero-order valence-corrected chi connectivity index (χ0v) is 39.5. The minimum Gasteiger partial charge on any atom is -0.478 e. The second-order valence-electron chi connectivity index (χ2n) is 17.1. The number of carboxylic acid groups (broad SMARTS) is 1. The Hall–Kier alpha value is -6.65. The quantitative estimate of drug-likeness (QED) is 0.0418. The Morgan fingerprint density at radius 1 is 0.794 bits per heavy atom. The molecule has 0 saturated heterocycles. The highest BCUT2D eigenvalue weighted by Gasteiger charge is 2.39. The number of ketones is 2. The van der Waals surface area contributed by atoms with E-state index < -0.39 is 5.97 Å². The maximum Gasteiger partial charge on any atom is 0.336 e. The van der Waals surface area contributed by atoms with Crippen molar-refractivity contribution >= 4 is 40.5 Å². The Bertz CT molecular complexity index is 2670. The number of carbonyl (C=O) groups excluding carboxylic acids is 3. The highest BCUT2D eigenvalue weighted by molar-refractivity contribution is 6.09. The zero-order chi connectivity index (χ0) is 48.0. The van der Waals surface area contributed by atoms with Gasteiger partial charge in [0, 0.05) is 104 Å². The predicted octanol–water partition coefficient (Wildman–Crippen LogP) is 9.66. The van der Waals surface area contributed by atoms with Crippen LogP contribution in [-0.2, 0) is 30.3 Å². The molecule has 4 aromatic carbocycles. The number of hydrogen-bond donors (Lipinski definition) is 2. The summed E-state index contributed by atoms with van der Waals surface area (Å²) in [7, 11) is 0. The van der Waals surface area contributed by atoms with Crippen molar-refractivity contribution in [2.24, 2.45) is 10.9 Å². The highest BCUT2D eigenvalue weighted by Crippen LogP contribution is 2.50. The molecule has 7 rings (SSSR count). The normalized spacial score (nSPS) is 16.3. The van der Waals surface area contributed by atoms with Gasteiger partial charge in [0.15, 0.2) is 5.78 Å². The number of nitrogens with one attached hydrogen (secondary N) is 1. The number of carboxylic acids is 1. The van der Waals surface area contributed by atoms with Gasteiger partial charge >= 0.3 is 5.97 Å². The van der Waals surface area contributed by atoms with Gasteiger partial charge in [0.25, 0.3) is 0 Å². The summed E-state index contributed by atoms with van der Waals surface area (Å²) in [6.45, 7) is 12.0. The zero-order valence-electron chi connectivity index (χ0n) is 39.5. The fraction of sp³-hybridized carbons (Fsp3) is 0.375. The lowest BCUT2D eigenvalue weighted by atomic mass is 9.73. The van der Waals surface area contributed by atoms with E-state index in [1.807, 2.05) is 88.4 Å². The molecule has 3 aliphatic rings. The van der Waals surface area contributed by atoms with Crippen LogP contribution in [0.1, 0.15) is 119 Å². The number of aromatic carboxylic acids is 1. The molecule has 0 fully saturated rings. The summed E-state index contributed by atoms with van der Waals surface area (Å²) in [4.78, 5) is 58.8. The van der Waals surface area contributed by atoms with Gasteiger partial charge in [0.05, 0.1) is 49.9 Å². The number of aliphatic imine (C=N–C) groups is 1. The number of Topliss-reactive ketones (excluding diaryl/α,β-unsaturated/α-hetero) is 2. The SMILES string of the molecule is CCN=C1C=C2Oc3cc(NCC)c(C)cc3C(c3ccc(C(=O)CCCOCCOCCOCCCC(=O)CCC(=O)N4Cc5ccccc5C#Cc5ccccc54)cc3C(=O)O)C2C=C1C. The van der Waals surface area contributed by atoms with E-state index in [-0.39, 0.29) is 54.1 Å². The van der Waals surface area contributed by atoms with Crippen molar-refractivity contribution in [3.63, 3.8) is 0 Å². The summed E-state index contributed by atoms with van der Waals surface area (Å²) in [6, 6.07) is 24.5. The Kier molecular flexibility index (Phi) is 17.3. The van der Waals surface area contributed by atoms with Crippen molar-refractivity contribution in [2.75, 3.05) is 62.9 Å². The summed E-state index contributed by atoms with van der Waals surface area (Å²) in [5.74, 6) is 5.83. The van der Waals surface area contributed by atoms with E-state index in [1.54, 1.807) is 17.0 Å². The van der Waals surface area contributed by atoms with Gasteiger partial charge in [-0.3, -0.25) is 19.4 Å². The van der Waals surface area contributed by atoms with Crippen LogP contribution in [0.4, 0.5) is 11.4 Å². The molecule has 2 aliphatic heterocycles. The predicted molar refractivity (Wildman–Crippen MR) is 264 cm³/mol. The van der Waals surface area contributed by atoms with Crippen molar-refractivity contribution in [1.29, 1.82) is 0 Å². The molecular formula is C56H61N3O9. The van der Waals surface area contributed by atoms with Gasteiger partial charge in [0.1, 0.15) is 17.3 Å². The molecule has 0 bridgehead atoms. The van der Waals surface area contributed by atoms with Gasteiger partial charge in [-0.15, -0.1) is 0 Å². The topological polar surface area (TPSA) is 153 Å². The molecule has 0 saturated carbocycles. The lowest BCUT2D eigenvalue weighted by Crippen LogP contribution is -2.32. The van der Waals surface area contributed by atoms with Crippen molar-refractivity contribution in [3.8, 4) is 17.6 Å². The van der Waals surface area contributed by atoms with Crippen LogP contribution in [0.15, 0.2) is 107 Å². The van der Waals surface area contributed by atoms with E-state index in [1.165, 1.54) is 6.07 Å². The maximum atomic E-state index is 13.4. The summed E-state index contributed by atoms with van der Waals surface area (Å²) >= 11 is 0. The van der Waals surface area contributed by atoms with Crippen molar-refractivity contribution < 1.29 is 43.2 Å². The minimum atomic E-state index is -1.10. The van der Waals surface area contributed by atoms with E-state index in [9.17, 15) is 24.3 Å². The summed E-state index contributed by atoms with van der Waals surface area (Å²) in [5.41, 5.74) is 9.16. The van der Waals surface area contributed by atoms with Gasteiger partial charge in [-0.1, -0.05) is 60.4 Å². The molecule has 1 aliphatic carbocycles. The van der Waals surface area contributed by atoms with E-state index in [0.717, 1.165) is 57.0 Å². The third-order valence-electron chi connectivity index (χ3n) is 12.3. The number of allylic oxidation sites excluding steroid dienone is 3. The molecule has 4 aromatic rings. The average Bonchev–Trinajstić information content (AvgIpc) is 3.33. The van der Waals surface area contributed by atoms with Crippen molar-refractivity contribution in [3.05, 3.63) is 147 Å². The number of carbonyl (C=O) groups is 4. The molecule has 2 heterocycles. The molecule has 2 unspecified atom stereocenters. The Morgan fingerprint density at radius 2 is 1.49 bits per heavy atom. The first-order valence-corrected chi connectivity index (χ1v) is 23.7. The van der Waals surface area contributed by atoms with E-state index in [2.05, 4.69) is 34.3 Å².